The minimum Gasteiger partial charge on any atom is -0.324 e. The predicted octanol–water partition coefficient (Wildman–Crippen LogP) is 3.07. The molecule has 0 aromatic heterocycles. The zero-order chi connectivity index (χ0) is 16.4. The summed E-state index contributed by atoms with van der Waals surface area (Å²) in [5.74, 6) is -3.15. The van der Waals surface area contributed by atoms with E-state index in [0.717, 1.165) is 0 Å². The Hall–Kier alpha value is -1.72. The van der Waals surface area contributed by atoms with Crippen LogP contribution in [0.25, 0.3) is 0 Å². The van der Waals surface area contributed by atoms with E-state index < -0.39 is 29.2 Å². The molecule has 0 radical (unpaired) electrons. The van der Waals surface area contributed by atoms with E-state index in [1.54, 1.807) is 0 Å². The lowest BCUT2D eigenvalue weighted by Gasteiger charge is -2.19. The summed E-state index contributed by atoms with van der Waals surface area (Å²) < 4.78 is 0. The third kappa shape index (κ3) is 3.20. The summed E-state index contributed by atoms with van der Waals surface area (Å²) in [6.07, 6.45) is 0.866. The van der Waals surface area contributed by atoms with Crippen LogP contribution in [-0.4, -0.2) is 23.3 Å². The van der Waals surface area contributed by atoms with Crippen molar-refractivity contribution in [2.75, 3.05) is 5.32 Å². The maximum Gasteiger partial charge on any atom is 0.221 e. The van der Waals surface area contributed by atoms with Crippen LogP contribution in [0.4, 0.5) is 5.69 Å². The monoisotopic (exact) mass is 341 g/mol. The van der Waals surface area contributed by atoms with Gasteiger partial charge in [-0.15, -0.1) is 0 Å². The van der Waals surface area contributed by atoms with Crippen LogP contribution in [0.2, 0.25) is 10.0 Å². The summed E-state index contributed by atoms with van der Waals surface area (Å²) in [6, 6.07) is 2.75. The van der Waals surface area contributed by atoms with Crippen LogP contribution in [0, 0.1) is 5.92 Å². The lowest BCUT2D eigenvalue weighted by molar-refractivity contribution is -0.133. The molecule has 1 aromatic rings. The molecule has 0 bridgehead atoms. The third-order valence-electron chi connectivity index (χ3n) is 3.41. The summed E-state index contributed by atoms with van der Waals surface area (Å²) >= 11 is 12.1. The Morgan fingerprint density at radius 1 is 1.14 bits per heavy atom. The number of hydrogen-bond donors (Lipinski definition) is 1. The molecule has 1 aliphatic rings. The fourth-order valence-corrected chi connectivity index (χ4v) is 2.94. The first-order valence-corrected chi connectivity index (χ1v) is 7.43. The number of hydrogen-bond acceptors (Lipinski definition) is 4. The van der Waals surface area contributed by atoms with Crippen molar-refractivity contribution in [2.45, 2.75) is 26.2 Å². The average molecular weight is 342 g/mol. The number of benzene rings is 1. The quantitative estimate of drug-likeness (QED) is 0.676. The lowest BCUT2D eigenvalue weighted by atomic mass is 9.81. The summed E-state index contributed by atoms with van der Waals surface area (Å²) in [5.41, 5.74) is 0.0980. The van der Waals surface area contributed by atoms with Crippen LogP contribution >= 0.6 is 23.2 Å². The number of ketones is 3. The molecule has 0 aliphatic heterocycles. The Morgan fingerprint density at radius 2 is 1.73 bits per heavy atom. The van der Waals surface area contributed by atoms with E-state index in [2.05, 4.69) is 5.32 Å². The van der Waals surface area contributed by atoms with E-state index in [-0.39, 0.29) is 34.1 Å². The zero-order valence-electron chi connectivity index (χ0n) is 11.7. The van der Waals surface area contributed by atoms with Gasteiger partial charge < -0.3 is 5.32 Å². The molecule has 1 aliphatic carbocycles. The van der Waals surface area contributed by atoms with Gasteiger partial charge in [0.1, 0.15) is 5.92 Å². The first kappa shape index (κ1) is 16.6. The van der Waals surface area contributed by atoms with Crippen LogP contribution in [0.15, 0.2) is 12.1 Å². The van der Waals surface area contributed by atoms with Crippen LogP contribution in [0.3, 0.4) is 0 Å². The molecule has 22 heavy (non-hydrogen) atoms. The SMILES string of the molecule is CC(=O)Nc1c(Cl)ccc(C(=O)C2C(=O)CCCC2=O)c1Cl. The van der Waals surface area contributed by atoms with E-state index in [4.69, 9.17) is 23.2 Å². The van der Waals surface area contributed by atoms with Crippen molar-refractivity contribution in [1.29, 1.82) is 0 Å². The second-order valence-corrected chi connectivity index (χ2v) is 5.83. The standard InChI is InChI=1S/C15H13Cl2NO4/c1-7(19)18-14-9(16)6-5-8(13(14)17)15(22)12-10(20)3-2-4-11(12)21/h5-6,12H,2-4H2,1H3,(H,18,19). The fourth-order valence-electron chi connectivity index (χ4n) is 2.39. The first-order valence-electron chi connectivity index (χ1n) is 6.68. The molecular formula is C15H13Cl2NO4. The van der Waals surface area contributed by atoms with Crippen molar-refractivity contribution in [3.8, 4) is 0 Å². The molecule has 0 spiro atoms. The van der Waals surface area contributed by atoms with Crippen LogP contribution in [0.1, 0.15) is 36.5 Å². The van der Waals surface area contributed by atoms with Gasteiger partial charge in [0.15, 0.2) is 17.3 Å². The van der Waals surface area contributed by atoms with E-state index in [9.17, 15) is 19.2 Å². The van der Waals surface area contributed by atoms with Gasteiger partial charge in [0, 0.05) is 25.3 Å². The minimum atomic E-state index is -1.31. The van der Waals surface area contributed by atoms with Crippen LogP contribution < -0.4 is 5.32 Å². The van der Waals surface area contributed by atoms with Crippen LogP contribution in [-0.2, 0) is 14.4 Å². The van der Waals surface area contributed by atoms with Gasteiger partial charge in [-0.3, -0.25) is 19.2 Å². The number of carbonyl (C=O) groups excluding carboxylic acids is 4. The molecule has 0 atom stereocenters. The number of nitrogens with one attached hydrogen (secondary N) is 1. The normalized spacial score (nSPS) is 15.8. The Morgan fingerprint density at radius 3 is 2.27 bits per heavy atom. The number of Topliss-reactive ketones (excluding diaryl/α,β-unsaturated/α-hetero) is 3. The molecular weight excluding hydrogens is 329 g/mol. The van der Waals surface area contributed by atoms with Crippen molar-refractivity contribution >= 4 is 52.1 Å². The Bertz CT molecular complexity index is 668. The molecule has 1 aromatic carbocycles. The van der Waals surface area contributed by atoms with Gasteiger partial charge in [0.2, 0.25) is 5.91 Å². The molecule has 2 rings (SSSR count). The van der Waals surface area contributed by atoms with E-state index >= 15 is 0 Å². The molecule has 7 heteroatoms. The van der Waals surface area contributed by atoms with Crippen LogP contribution in [0.5, 0.6) is 0 Å². The molecule has 1 saturated carbocycles. The summed E-state index contributed by atoms with van der Waals surface area (Å²) in [5, 5.41) is 2.53. The maximum absolute atomic E-state index is 12.5. The van der Waals surface area contributed by atoms with E-state index in [0.29, 0.717) is 6.42 Å². The topological polar surface area (TPSA) is 80.3 Å². The largest absolute Gasteiger partial charge is 0.324 e. The summed E-state index contributed by atoms with van der Waals surface area (Å²) in [7, 11) is 0. The number of anilines is 1. The molecule has 1 fully saturated rings. The van der Waals surface area contributed by atoms with E-state index in [1.165, 1.54) is 19.1 Å². The molecule has 0 unspecified atom stereocenters. The highest BCUT2D eigenvalue weighted by Crippen LogP contribution is 2.35. The number of carbonyl (C=O) groups is 4. The molecule has 1 N–H and O–H groups in total. The van der Waals surface area contributed by atoms with Crippen molar-refractivity contribution in [1.82, 2.24) is 0 Å². The van der Waals surface area contributed by atoms with E-state index in [1.807, 2.05) is 0 Å². The number of halogens is 2. The molecule has 1 amide bonds. The molecule has 5 nitrogen and oxygen atoms in total. The fraction of sp³-hybridized carbons (Fsp3) is 0.333. The highest BCUT2D eigenvalue weighted by atomic mass is 35.5. The minimum absolute atomic E-state index is 0.00316. The smallest absolute Gasteiger partial charge is 0.221 e. The second kappa shape index (κ2) is 6.58. The number of amides is 1. The predicted molar refractivity (Wildman–Crippen MR) is 82.5 cm³/mol. The maximum atomic E-state index is 12.5. The molecule has 0 heterocycles. The summed E-state index contributed by atoms with van der Waals surface area (Å²) in [4.78, 5) is 47.5. The second-order valence-electron chi connectivity index (χ2n) is 5.05. The van der Waals surface area contributed by atoms with Gasteiger partial charge in [-0.05, 0) is 18.6 Å². The van der Waals surface area contributed by atoms with Gasteiger partial charge in [-0.1, -0.05) is 23.2 Å². The summed E-state index contributed by atoms with van der Waals surface area (Å²) in [6.45, 7) is 1.27. The Labute approximate surface area is 137 Å². The highest BCUT2D eigenvalue weighted by Gasteiger charge is 2.37. The lowest BCUT2D eigenvalue weighted by Crippen LogP contribution is -2.35. The van der Waals surface area contributed by atoms with Crippen molar-refractivity contribution in [3.05, 3.63) is 27.7 Å². The van der Waals surface area contributed by atoms with Gasteiger partial charge in [-0.25, -0.2) is 0 Å². The van der Waals surface area contributed by atoms with Gasteiger partial charge in [-0.2, -0.15) is 0 Å². The van der Waals surface area contributed by atoms with Gasteiger partial charge in [0.05, 0.1) is 15.7 Å². The van der Waals surface area contributed by atoms with Gasteiger partial charge in [0.25, 0.3) is 0 Å². The van der Waals surface area contributed by atoms with Crippen molar-refractivity contribution in [3.63, 3.8) is 0 Å². The third-order valence-corrected chi connectivity index (χ3v) is 4.12. The molecule has 0 saturated heterocycles. The Kier molecular flexibility index (Phi) is 4.98. The Balaban J connectivity index is 2.44. The first-order chi connectivity index (χ1) is 10.3. The average Bonchev–Trinajstić information content (AvgIpc) is 2.43. The molecule has 116 valence electrons. The number of rotatable bonds is 3. The van der Waals surface area contributed by atoms with Crippen molar-refractivity contribution < 1.29 is 19.2 Å². The zero-order valence-corrected chi connectivity index (χ0v) is 13.3. The highest BCUT2D eigenvalue weighted by molar-refractivity contribution is 6.42. The van der Waals surface area contributed by atoms with Gasteiger partial charge >= 0.3 is 0 Å². The van der Waals surface area contributed by atoms with Crippen molar-refractivity contribution in [2.24, 2.45) is 5.92 Å².